The van der Waals surface area contributed by atoms with Crippen molar-refractivity contribution in [2.75, 3.05) is 25.6 Å². The molecular weight excluding hydrogens is 258 g/mol. The Bertz CT molecular complexity index is 320. The highest BCUT2D eigenvalue weighted by Crippen LogP contribution is 2.17. The predicted octanol–water partition coefficient (Wildman–Crippen LogP) is 1.54. The molecule has 0 saturated heterocycles. The molecule has 3 N–H and O–H groups in total. The number of hydrogen-bond donors (Lipinski definition) is 2. The number of hydrogen-bond acceptors (Lipinski definition) is 4. The summed E-state index contributed by atoms with van der Waals surface area (Å²) in [5.41, 5.74) is 6.73. The molecule has 15 heavy (non-hydrogen) atoms. The molecule has 0 amide bonds. The molecule has 1 rings (SSSR count). The third-order valence-corrected chi connectivity index (χ3v) is 2.88. The number of rotatable bonds is 5. The highest BCUT2D eigenvalue weighted by molar-refractivity contribution is 9.10. The lowest BCUT2D eigenvalue weighted by Crippen LogP contribution is -2.33. The quantitative estimate of drug-likeness (QED) is 0.855. The molecule has 0 spiro atoms. The van der Waals surface area contributed by atoms with Gasteiger partial charge in [-0.1, -0.05) is 0 Å². The lowest BCUT2D eigenvalue weighted by Gasteiger charge is -2.16. The molecule has 1 atom stereocenters. The summed E-state index contributed by atoms with van der Waals surface area (Å²) in [4.78, 5) is 4.24. The SMILES string of the molecule is COCC(CN)Nc1cc(C)c(Br)cn1. The van der Waals surface area contributed by atoms with E-state index < -0.39 is 0 Å². The molecule has 1 aromatic heterocycles. The average Bonchev–Trinajstić information content (AvgIpc) is 2.23. The fourth-order valence-electron chi connectivity index (χ4n) is 1.20. The lowest BCUT2D eigenvalue weighted by atomic mass is 10.2. The Morgan fingerprint density at radius 2 is 2.40 bits per heavy atom. The second-order valence-electron chi connectivity index (χ2n) is 3.35. The number of ether oxygens (including phenoxy) is 1. The van der Waals surface area contributed by atoms with Crippen molar-refractivity contribution in [1.29, 1.82) is 0 Å². The van der Waals surface area contributed by atoms with Gasteiger partial charge in [0.2, 0.25) is 0 Å². The Morgan fingerprint density at radius 3 is 2.93 bits per heavy atom. The summed E-state index contributed by atoms with van der Waals surface area (Å²) in [5, 5.41) is 3.22. The van der Waals surface area contributed by atoms with Crippen molar-refractivity contribution in [3.8, 4) is 0 Å². The summed E-state index contributed by atoms with van der Waals surface area (Å²) < 4.78 is 6.05. The molecule has 0 saturated carbocycles. The highest BCUT2D eigenvalue weighted by Gasteiger charge is 2.07. The molecule has 1 heterocycles. The second kappa shape index (κ2) is 6.05. The minimum absolute atomic E-state index is 0.100. The van der Waals surface area contributed by atoms with Gasteiger partial charge in [-0.2, -0.15) is 0 Å². The summed E-state index contributed by atoms with van der Waals surface area (Å²) in [6.07, 6.45) is 1.78. The van der Waals surface area contributed by atoms with Gasteiger partial charge in [-0.25, -0.2) is 4.98 Å². The maximum absolute atomic E-state index is 5.60. The zero-order valence-corrected chi connectivity index (χ0v) is 10.5. The van der Waals surface area contributed by atoms with Crippen LogP contribution >= 0.6 is 15.9 Å². The van der Waals surface area contributed by atoms with Crippen LogP contribution in [0, 0.1) is 6.92 Å². The first-order valence-electron chi connectivity index (χ1n) is 4.75. The molecule has 0 aliphatic rings. The first-order chi connectivity index (χ1) is 7.17. The van der Waals surface area contributed by atoms with E-state index in [1.165, 1.54) is 0 Å². The van der Waals surface area contributed by atoms with Gasteiger partial charge < -0.3 is 15.8 Å². The van der Waals surface area contributed by atoms with Crippen LogP contribution in [0.5, 0.6) is 0 Å². The van der Waals surface area contributed by atoms with Crippen molar-refractivity contribution in [3.63, 3.8) is 0 Å². The van der Waals surface area contributed by atoms with Gasteiger partial charge in [-0.15, -0.1) is 0 Å². The van der Waals surface area contributed by atoms with Crippen LogP contribution in [-0.2, 0) is 4.74 Å². The Balaban J connectivity index is 2.66. The number of nitrogens with two attached hydrogens (primary N) is 1. The maximum atomic E-state index is 5.60. The van der Waals surface area contributed by atoms with Gasteiger partial charge in [0, 0.05) is 24.3 Å². The minimum Gasteiger partial charge on any atom is -0.383 e. The van der Waals surface area contributed by atoms with Gasteiger partial charge in [-0.05, 0) is 34.5 Å². The van der Waals surface area contributed by atoms with Crippen molar-refractivity contribution >= 4 is 21.7 Å². The number of nitrogens with one attached hydrogen (secondary N) is 1. The number of aromatic nitrogens is 1. The van der Waals surface area contributed by atoms with Crippen LogP contribution in [0.2, 0.25) is 0 Å². The molecule has 1 unspecified atom stereocenters. The Morgan fingerprint density at radius 1 is 1.67 bits per heavy atom. The minimum atomic E-state index is 0.100. The molecule has 0 radical (unpaired) electrons. The highest BCUT2D eigenvalue weighted by atomic mass is 79.9. The molecule has 0 aliphatic carbocycles. The van der Waals surface area contributed by atoms with E-state index in [2.05, 4.69) is 26.2 Å². The van der Waals surface area contributed by atoms with Gasteiger partial charge in [0.15, 0.2) is 0 Å². The third-order valence-electron chi connectivity index (χ3n) is 2.05. The summed E-state index contributed by atoms with van der Waals surface area (Å²) in [6.45, 7) is 3.11. The third kappa shape index (κ3) is 3.77. The van der Waals surface area contributed by atoms with Crippen LogP contribution in [0.1, 0.15) is 5.56 Å². The molecule has 84 valence electrons. The molecule has 0 fully saturated rings. The van der Waals surface area contributed by atoms with Crippen LogP contribution in [0.25, 0.3) is 0 Å². The van der Waals surface area contributed by atoms with Crippen molar-refractivity contribution in [1.82, 2.24) is 4.98 Å². The molecular formula is C10H16BrN3O. The summed E-state index contributed by atoms with van der Waals surface area (Å²) in [6, 6.07) is 2.07. The molecule has 0 aliphatic heterocycles. The van der Waals surface area contributed by atoms with Crippen molar-refractivity contribution in [2.24, 2.45) is 5.73 Å². The van der Waals surface area contributed by atoms with E-state index in [4.69, 9.17) is 10.5 Å². The van der Waals surface area contributed by atoms with E-state index in [1.54, 1.807) is 13.3 Å². The van der Waals surface area contributed by atoms with Crippen LogP contribution in [0.15, 0.2) is 16.7 Å². The Hall–Kier alpha value is -0.650. The fourth-order valence-corrected chi connectivity index (χ4v) is 1.41. The number of nitrogens with zero attached hydrogens (tertiary/aromatic N) is 1. The van der Waals surface area contributed by atoms with Crippen LogP contribution in [0.3, 0.4) is 0 Å². The van der Waals surface area contributed by atoms with Crippen molar-refractivity contribution in [2.45, 2.75) is 13.0 Å². The second-order valence-corrected chi connectivity index (χ2v) is 4.21. The molecule has 0 aromatic carbocycles. The van der Waals surface area contributed by atoms with Crippen LogP contribution in [0.4, 0.5) is 5.82 Å². The number of halogens is 1. The van der Waals surface area contributed by atoms with Gasteiger partial charge in [0.1, 0.15) is 5.82 Å². The first kappa shape index (κ1) is 12.4. The van der Waals surface area contributed by atoms with E-state index in [-0.39, 0.29) is 6.04 Å². The average molecular weight is 274 g/mol. The van der Waals surface area contributed by atoms with Crippen molar-refractivity contribution < 1.29 is 4.74 Å². The summed E-state index contributed by atoms with van der Waals surface area (Å²) in [7, 11) is 1.66. The lowest BCUT2D eigenvalue weighted by molar-refractivity contribution is 0.187. The molecule has 0 bridgehead atoms. The zero-order chi connectivity index (χ0) is 11.3. The Kier molecular flexibility index (Phi) is 5.01. The number of methoxy groups -OCH3 is 1. The molecule has 5 heteroatoms. The maximum Gasteiger partial charge on any atom is 0.126 e. The van der Waals surface area contributed by atoms with E-state index in [1.807, 2.05) is 13.0 Å². The largest absolute Gasteiger partial charge is 0.383 e. The predicted molar refractivity (Wildman–Crippen MR) is 65.0 cm³/mol. The van der Waals surface area contributed by atoms with E-state index in [9.17, 15) is 0 Å². The standard InChI is InChI=1S/C10H16BrN3O/c1-7-3-10(13-5-9(7)11)14-8(4-12)6-15-2/h3,5,8H,4,6,12H2,1-2H3,(H,13,14). The summed E-state index contributed by atoms with van der Waals surface area (Å²) in [5.74, 6) is 0.822. The van der Waals surface area contributed by atoms with Gasteiger partial charge >= 0.3 is 0 Å². The molecule has 4 nitrogen and oxygen atoms in total. The van der Waals surface area contributed by atoms with E-state index in [0.717, 1.165) is 15.9 Å². The van der Waals surface area contributed by atoms with E-state index >= 15 is 0 Å². The smallest absolute Gasteiger partial charge is 0.126 e. The summed E-state index contributed by atoms with van der Waals surface area (Å²) >= 11 is 3.40. The number of aryl methyl sites for hydroxylation is 1. The number of pyridine rings is 1. The normalized spacial score (nSPS) is 12.5. The van der Waals surface area contributed by atoms with Gasteiger partial charge in [0.05, 0.1) is 12.6 Å². The van der Waals surface area contributed by atoms with E-state index in [0.29, 0.717) is 13.2 Å². The van der Waals surface area contributed by atoms with Gasteiger partial charge in [-0.3, -0.25) is 0 Å². The number of anilines is 1. The first-order valence-corrected chi connectivity index (χ1v) is 5.54. The Labute approximate surface area is 98.3 Å². The monoisotopic (exact) mass is 273 g/mol. The van der Waals surface area contributed by atoms with Gasteiger partial charge in [0.25, 0.3) is 0 Å². The van der Waals surface area contributed by atoms with Crippen molar-refractivity contribution in [3.05, 3.63) is 22.3 Å². The zero-order valence-electron chi connectivity index (χ0n) is 8.96. The molecule has 1 aromatic rings. The van der Waals surface area contributed by atoms with Crippen LogP contribution < -0.4 is 11.1 Å². The topological polar surface area (TPSA) is 60.2 Å². The fraction of sp³-hybridized carbons (Fsp3) is 0.500. The van der Waals surface area contributed by atoms with Crippen LogP contribution in [-0.4, -0.2) is 31.3 Å².